The number of carbonyl (C=O) groups is 1. The van der Waals surface area contributed by atoms with Crippen LogP contribution in [0.25, 0.3) is 0 Å². The molecule has 130 valence electrons. The maximum atomic E-state index is 12.4. The predicted octanol–water partition coefficient (Wildman–Crippen LogP) is 3.49. The fraction of sp³-hybridized carbons (Fsp3) is 0.850. The van der Waals surface area contributed by atoms with E-state index in [4.69, 9.17) is 0 Å². The molecule has 3 nitrogen and oxygen atoms in total. The third-order valence-electron chi connectivity index (χ3n) is 7.36. The second kappa shape index (κ2) is 5.42. The Labute approximate surface area is 140 Å². The SMILES string of the molecule is CC1(C)CC(=O)C[C@@]2(C)[C@@H]3CC[C@](C)([C@H](O)CO)C=C3CC[C@H]12. The zero-order chi connectivity index (χ0) is 17.0. The maximum Gasteiger partial charge on any atom is 0.134 e. The van der Waals surface area contributed by atoms with Gasteiger partial charge < -0.3 is 10.2 Å². The lowest BCUT2D eigenvalue weighted by molar-refractivity contribution is -0.139. The van der Waals surface area contributed by atoms with E-state index in [9.17, 15) is 15.0 Å². The molecule has 0 spiro atoms. The van der Waals surface area contributed by atoms with Crippen LogP contribution in [0, 0.1) is 28.1 Å². The minimum atomic E-state index is -0.689. The zero-order valence-corrected chi connectivity index (χ0v) is 15.1. The molecule has 0 aromatic heterocycles. The van der Waals surface area contributed by atoms with Crippen molar-refractivity contribution in [2.45, 2.75) is 72.3 Å². The van der Waals surface area contributed by atoms with Gasteiger partial charge in [0.15, 0.2) is 0 Å². The van der Waals surface area contributed by atoms with Gasteiger partial charge in [-0.3, -0.25) is 4.79 Å². The molecule has 0 aromatic rings. The Morgan fingerprint density at radius 1 is 1.22 bits per heavy atom. The monoisotopic (exact) mass is 320 g/mol. The quantitative estimate of drug-likeness (QED) is 0.766. The van der Waals surface area contributed by atoms with E-state index in [1.165, 1.54) is 5.57 Å². The van der Waals surface area contributed by atoms with Crippen LogP contribution in [-0.4, -0.2) is 28.7 Å². The summed E-state index contributed by atoms with van der Waals surface area (Å²) < 4.78 is 0. The number of aliphatic hydroxyl groups excluding tert-OH is 2. The van der Waals surface area contributed by atoms with Crippen molar-refractivity contribution in [2.75, 3.05) is 6.61 Å². The van der Waals surface area contributed by atoms with Crippen LogP contribution in [0.1, 0.15) is 66.2 Å². The molecule has 2 N–H and O–H groups in total. The third-order valence-corrected chi connectivity index (χ3v) is 7.36. The Bertz CT molecular complexity index is 535. The number of allylic oxidation sites excluding steroid dienone is 1. The van der Waals surface area contributed by atoms with Gasteiger partial charge in [-0.05, 0) is 48.3 Å². The fourth-order valence-electron chi connectivity index (χ4n) is 6.24. The number of Topliss-reactive ketones (excluding diaryl/α,β-unsaturated/α-hetero) is 1. The number of hydrogen-bond donors (Lipinski definition) is 2. The average Bonchev–Trinajstić information content (AvgIpc) is 2.43. The van der Waals surface area contributed by atoms with Crippen LogP contribution in [0.15, 0.2) is 11.6 Å². The van der Waals surface area contributed by atoms with Gasteiger partial charge in [0.25, 0.3) is 0 Å². The minimum absolute atomic E-state index is 0.0639. The van der Waals surface area contributed by atoms with E-state index < -0.39 is 6.10 Å². The Morgan fingerprint density at radius 2 is 1.91 bits per heavy atom. The molecule has 3 rings (SSSR count). The smallest absolute Gasteiger partial charge is 0.134 e. The van der Waals surface area contributed by atoms with Gasteiger partial charge in [-0.2, -0.15) is 0 Å². The lowest BCUT2D eigenvalue weighted by Crippen LogP contribution is -2.53. The molecule has 2 fully saturated rings. The molecule has 5 atom stereocenters. The van der Waals surface area contributed by atoms with Crippen molar-refractivity contribution >= 4 is 5.78 Å². The van der Waals surface area contributed by atoms with Crippen LogP contribution in [0.2, 0.25) is 0 Å². The predicted molar refractivity (Wildman–Crippen MR) is 90.9 cm³/mol. The van der Waals surface area contributed by atoms with Gasteiger partial charge >= 0.3 is 0 Å². The number of ketones is 1. The van der Waals surface area contributed by atoms with Crippen LogP contribution >= 0.6 is 0 Å². The Morgan fingerprint density at radius 3 is 2.57 bits per heavy atom. The summed E-state index contributed by atoms with van der Waals surface area (Å²) in [5, 5.41) is 19.6. The lowest BCUT2D eigenvalue weighted by Gasteiger charge is -2.59. The van der Waals surface area contributed by atoms with E-state index in [0.717, 1.165) is 32.1 Å². The summed E-state index contributed by atoms with van der Waals surface area (Å²) in [4.78, 5) is 12.4. The van der Waals surface area contributed by atoms with Gasteiger partial charge in [0, 0.05) is 18.3 Å². The van der Waals surface area contributed by atoms with Gasteiger partial charge in [-0.25, -0.2) is 0 Å². The summed E-state index contributed by atoms with van der Waals surface area (Å²) in [7, 11) is 0. The molecule has 23 heavy (non-hydrogen) atoms. The summed E-state index contributed by atoms with van der Waals surface area (Å²) in [6.07, 6.45) is 7.12. The average molecular weight is 320 g/mol. The molecule has 3 aliphatic carbocycles. The molecule has 0 saturated heterocycles. The highest BCUT2D eigenvalue weighted by Crippen LogP contribution is 2.63. The van der Waals surface area contributed by atoms with E-state index in [1.807, 2.05) is 0 Å². The first-order valence-electron chi connectivity index (χ1n) is 9.15. The summed E-state index contributed by atoms with van der Waals surface area (Å²) >= 11 is 0. The lowest BCUT2D eigenvalue weighted by atomic mass is 9.45. The molecule has 0 unspecified atom stereocenters. The van der Waals surface area contributed by atoms with Crippen molar-refractivity contribution in [1.82, 2.24) is 0 Å². The summed E-state index contributed by atoms with van der Waals surface area (Å²) in [6.45, 7) is 8.74. The second-order valence-electron chi connectivity index (χ2n) is 9.49. The highest BCUT2D eigenvalue weighted by molar-refractivity contribution is 5.81. The fourth-order valence-corrected chi connectivity index (χ4v) is 6.24. The van der Waals surface area contributed by atoms with Crippen LogP contribution in [0.4, 0.5) is 0 Å². The molecule has 0 amide bonds. The van der Waals surface area contributed by atoms with E-state index in [2.05, 4.69) is 33.8 Å². The molecular formula is C20H32O3. The van der Waals surface area contributed by atoms with E-state index in [1.54, 1.807) is 0 Å². The van der Waals surface area contributed by atoms with Crippen molar-refractivity contribution in [3.63, 3.8) is 0 Å². The van der Waals surface area contributed by atoms with Crippen molar-refractivity contribution in [2.24, 2.45) is 28.1 Å². The van der Waals surface area contributed by atoms with Crippen molar-refractivity contribution in [3.8, 4) is 0 Å². The molecule has 0 heterocycles. The second-order valence-corrected chi connectivity index (χ2v) is 9.49. The van der Waals surface area contributed by atoms with Crippen LogP contribution < -0.4 is 0 Å². The largest absolute Gasteiger partial charge is 0.394 e. The first-order valence-corrected chi connectivity index (χ1v) is 9.15. The topological polar surface area (TPSA) is 57.5 Å². The van der Waals surface area contributed by atoms with Crippen LogP contribution in [0.3, 0.4) is 0 Å². The van der Waals surface area contributed by atoms with Gasteiger partial charge in [0.2, 0.25) is 0 Å². The number of fused-ring (bicyclic) bond motifs is 3. The first-order chi connectivity index (χ1) is 10.6. The van der Waals surface area contributed by atoms with Gasteiger partial charge in [-0.15, -0.1) is 0 Å². The summed E-state index contributed by atoms with van der Waals surface area (Å²) in [5.74, 6) is 1.48. The first kappa shape index (κ1) is 17.2. The van der Waals surface area contributed by atoms with Crippen molar-refractivity contribution < 1.29 is 15.0 Å². The Hall–Kier alpha value is -0.670. The van der Waals surface area contributed by atoms with Crippen LogP contribution in [0.5, 0.6) is 0 Å². The Balaban J connectivity index is 1.96. The summed E-state index contributed by atoms with van der Waals surface area (Å²) in [5.41, 5.74) is 1.27. The highest BCUT2D eigenvalue weighted by atomic mass is 16.3. The molecular weight excluding hydrogens is 288 g/mol. The van der Waals surface area contributed by atoms with Gasteiger partial charge in [-0.1, -0.05) is 39.3 Å². The van der Waals surface area contributed by atoms with Crippen molar-refractivity contribution in [1.29, 1.82) is 0 Å². The van der Waals surface area contributed by atoms with Gasteiger partial charge in [0.05, 0.1) is 12.7 Å². The molecule has 0 aromatic carbocycles. The van der Waals surface area contributed by atoms with E-state index in [0.29, 0.717) is 24.0 Å². The molecule has 0 radical (unpaired) electrons. The molecule has 0 aliphatic heterocycles. The van der Waals surface area contributed by atoms with E-state index in [-0.39, 0.29) is 22.9 Å². The Kier molecular flexibility index (Phi) is 4.04. The highest BCUT2D eigenvalue weighted by Gasteiger charge is 2.56. The third kappa shape index (κ3) is 2.60. The number of aliphatic hydroxyl groups is 2. The number of carbonyl (C=O) groups excluding carboxylic acids is 1. The molecule has 3 heteroatoms. The van der Waals surface area contributed by atoms with Crippen molar-refractivity contribution in [3.05, 3.63) is 11.6 Å². The molecule has 3 aliphatic rings. The normalized spacial score (nSPS) is 44.1. The molecule has 0 bridgehead atoms. The standard InChI is InChI=1S/C20H32O3/c1-18(2)10-14(22)11-20(4)15-7-8-19(3,17(23)12-21)9-13(15)5-6-16(18)20/h9,15-17,21,23H,5-8,10-12H2,1-4H3/t15-,16-,17-,19+,20+/m1/s1. The zero-order valence-electron chi connectivity index (χ0n) is 15.1. The van der Waals surface area contributed by atoms with E-state index >= 15 is 0 Å². The van der Waals surface area contributed by atoms with Gasteiger partial charge in [0.1, 0.15) is 5.78 Å². The summed E-state index contributed by atoms with van der Waals surface area (Å²) in [6, 6.07) is 0. The number of rotatable bonds is 2. The molecule has 2 saturated carbocycles. The van der Waals surface area contributed by atoms with Crippen LogP contribution in [-0.2, 0) is 4.79 Å². The minimum Gasteiger partial charge on any atom is -0.394 e. The number of hydrogen-bond acceptors (Lipinski definition) is 3. The maximum absolute atomic E-state index is 12.4.